The van der Waals surface area contributed by atoms with Crippen LogP contribution >= 0.6 is 15.9 Å². The van der Waals surface area contributed by atoms with Crippen LogP contribution in [0.4, 0.5) is 4.39 Å². The average molecular weight is 399 g/mol. The summed E-state index contributed by atoms with van der Waals surface area (Å²) < 4.78 is 41.7. The summed E-state index contributed by atoms with van der Waals surface area (Å²) in [5, 5.41) is 3.18. The molecule has 1 fully saturated rings. The third-order valence-electron chi connectivity index (χ3n) is 3.83. The summed E-state index contributed by atoms with van der Waals surface area (Å²) in [6.45, 7) is 1.37. The van der Waals surface area contributed by atoms with E-state index >= 15 is 0 Å². The van der Waals surface area contributed by atoms with Gasteiger partial charge in [0.1, 0.15) is 5.82 Å². The number of sulfonamides is 1. The van der Waals surface area contributed by atoms with Crippen LogP contribution in [0.3, 0.4) is 0 Å². The molecule has 1 aliphatic rings. The third kappa shape index (κ3) is 3.47. The van der Waals surface area contributed by atoms with Crippen LogP contribution in [-0.4, -0.2) is 32.4 Å². The largest absolute Gasteiger partial charge is 0.313 e. The predicted molar refractivity (Wildman–Crippen MR) is 90.0 cm³/mol. The van der Waals surface area contributed by atoms with Gasteiger partial charge in [0.05, 0.1) is 10.9 Å². The quantitative estimate of drug-likeness (QED) is 0.864. The van der Waals surface area contributed by atoms with E-state index in [1.165, 1.54) is 16.4 Å². The summed E-state index contributed by atoms with van der Waals surface area (Å²) in [4.78, 5) is 0.232. The Hall–Kier alpha value is -1.28. The normalized spacial score (nSPS) is 19.7. The van der Waals surface area contributed by atoms with Crippen LogP contribution in [0.2, 0.25) is 0 Å². The molecule has 0 spiro atoms. The maximum absolute atomic E-state index is 13.5. The van der Waals surface area contributed by atoms with Crippen molar-refractivity contribution in [2.45, 2.75) is 10.9 Å². The molecule has 3 rings (SSSR count). The van der Waals surface area contributed by atoms with Crippen molar-refractivity contribution < 1.29 is 12.8 Å². The van der Waals surface area contributed by atoms with Crippen LogP contribution in [-0.2, 0) is 10.0 Å². The number of nitrogens with zero attached hydrogens (tertiary/aromatic N) is 1. The summed E-state index contributed by atoms with van der Waals surface area (Å²) in [5.41, 5.74) is 0.649. The van der Waals surface area contributed by atoms with Gasteiger partial charge >= 0.3 is 0 Å². The number of hydrogen-bond acceptors (Lipinski definition) is 3. The van der Waals surface area contributed by atoms with E-state index in [9.17, 15) is 12.8 Å². The zero-order valence-electron chi connectivity index (χ0n) is 12.2. The van der Waals surface area contributed by atoms with Crippen LogP contribution in [0.25, 0.3) is 0 Å². The van der Waals surface area contributed by atoms with E-state index in [0.29, 0.717) is 29.7 Å². The van der Waals surface area contributed by atoms with Gasteiger partial charge in [0.2, 0.25) is 10.0 Å². The van der Waals surface area contributed by atoms with Gasteiger partial charge in [0, 0.05) is 24.1 Å². The van der Waals surface area contributed by atoms with Crippen LogP contribution in [0.5, 0.6) is 0 Å². The molecule has 0 bridgehead atoms. The lowest BCUT2D eigenvalue weighted by Crippen LogP contribution is -2.48. The number of nitrogens with one attached hydrogen (secondary N) is 1. The van der Waals surface area contributed by atoms with E-state index in [0.717, 1.165) is 0 Å². The molecular weight excluding hydrogens is 383 g/mol. The van der Waals surface area contributed by atoms with Gasteiger partial charge in [-0.2, -0.15) is 4.31 Å². The van der Waals surface area contributed by atoms with Crippen molar-refractivity contribution in [2.24, 2.45) is 0 Å². The highest BCUT2D eigenvalue weighted by Crippen LogP contribution is 2.30. The van der Waals surface area contributed by atoms with Gasteiger partial charge in [-0.1, -0.05) is 34.1 Å². The van der Waals surface area contributed by atoms with Crippen molar-refractivity contribution in [3.05, 3.63) is 64.4 Å². The molecule has 1 N–H and O–H groups in total. The molecule has 7 heteroatoms. The fourth-order valence-electron chi connectivity index (χ4n) is 2.73. The van der Waals surface area contributed by atoms with E-state index in [1.54, 1.807) is 36.4 Å². The Morgan fingerprint density at radius 2 is 1.96 bits per heavy atom. The lowest BCUT2D eigenvalue weighted by atomic mass is 10.1. The molecule has 0 radical (unpaired) electrons. The van der Waals surface area contributed by atoms with Gasteiger partial charge < -0.3 is 5.32 Å². The topological polar surface area (TPSA) is 49.4 Å². The lowest BCUT2D eigenvalue weighted by Gasteiger charge is -2.35. The first-order chi connectivity index (χ1) is 11.0. The molecule has 0 amide bonds. The average Bonchev–Trinajstić information content (AvgIpc) is 2.55. The zero-order valence-corrected chi connectivity index (χ0v) is 14.6. The van der Waals surface area contributed by atoms with Crippen LogP contribution in [0.1, 0.15) is 11.6 Å². The van der Waals surface area contributed by atoms with Crippen molar-refractivity contribution >= 4 is 26.0 Å². The summed E-state index contributed by atoms with van der Waals surface area (Å²) in [7, 11) is -3.65. The molecule has 1 aliphatic heterocycles. The Bertz CT molecular complexity index is 813. The Kier molecular flexibility index (Phi) is 4.82. The lowest BCUT2D eigenvalue weighted by molar-refractivity contribution is 0.271. The molecule has 2 aromatic carbocycles. The van der Waals surface area contributed by atoms with Gasteiger partial charge in [0.15, 0.2) is 0 Å². The third-order valence-corrected chi connectivity index (χ3v) is 6.23. The maximum atomic E-state index is 13.5. The number of rotatable bonds is 3. The number of piperazine rings is 1. The van der Waals surface area contributed by atoms with E-state index in [4.69, 9.17) is 0 Å². The van der Waals surface area contributed by atoms with Crippen molar-refractivity contribution in [3.8, 4) is 0 Å². The minimum atomic E-state index is -3.65. The SMILES string of the molecule is O=S(=O)(c1cccc(Br)c1)N1CCNCC1c1cccc(F)c1. The highest BCUT2D eigenvalue weighted by Gasteiger charge is 2.34. The van der Waals surface area contributed by atoms with Gasteiger partial charge in [-0.15, -0.1) is 0 Å². The molecule has 1 heterocycles. The fraction of sp³-hybridized carbons (Fsp3) is 0.250. The summed E-state index contributed by atoms with van der Waals surface area (Å²) in [5.74, 6) is -0.368. The monoisotopic (exact) mass is 398 g/mol. The van der Waals surface area contributed by atoms with Gasteiger partial charge in [-0.05, 0) is 35.9 Å². The van der Waals surface area contributed by atoms with Crippen molar-refractivity contribution in [1.82, 2.24) is 9.62 Å². The molecule has 1 atom stereocenters. The summed E-state index contributed by atoms with van der Waals surface area (Å²) in [6.07, 6.45) is 0. The molecule has 122 valence electrons. The molecule has 1 unspecified atom stereocenters. The minimum absolute atomic E-state index is 0.232. The van der Waals surface area contributed by atoms with Crippen LogP contribution in [0.15, 0.2) is 57.9 Å². The highest BCUT2D eigenvalue weighted by atomic mass is 79.9. The van der Waals surface area contributed by atoms with E-state index in [1.807, 2.05) is 0 Å². The van der Waals surface area contributed by atoms with E-state index in [-0.39, 0.29) is 10.7 Å². The molecule has 0 aliphatic carbocycles. The van der Waals surface area contributed by atoms with Crippen LogP contribution in [0, 0.1) is 5.82 Å². The zero-order chi connectivity index (χ0) is 16.4. The summed E-state index contributed by atoms with van der Waals surface area (Å²) in [6, 6.07) is 12.3. The smallest absolute Gasteiger partial charge is 0.243 e. The molecular formula is C16H16BrFN2O2S. The first-order valence-corrected chi connectivity index (χ1v) is 9.45. The molecule has 0 aromatic heterocycles. The second-order valence-corrected chi connectivity index (χ2v) is 8.15. The second-order valence-electron chi connectivity index (χ2n) is 5.35. The van der Waals surface area contributed by atoms with E-state index < -0.39 is 16.1 Å². The predicted octanol–water partition coefficient (Wildman–Crippen LogP) is 2.92. The molecule has 23 heavy (non-hydrogen) atoms. The molecule has 2 aromatic rings. The van der Waals surface area contributed by atoms with Gasteiger partial charge in [0.25, 0.3) is 0 Å². The fourth-order valence-corrected chi connectivity index (χ4v) is 4.95. The highest BCUT2D eigenvalue weighted by molar-refractivity contribution is 9.10. The molecule has 0 saturated carbocycles. The van der Waals surface area contributed by atoms with Gasteiger partial charge in [-0.3, -0.25) is 0 Å². The Morgan fingerprint density at radius 1 is 1.17 bits per heavy atom. The number of hydrogen-bond donors (Lipinski definition) is 1. The Morgan fingerprint density at radius 3 is 2.70 bits per heavy atom. The van der Waals surface area contributed by atoms with Crippen molar-refractivity contribution in [2.75, 3.05) is 19.6 Å². The first-order valence-electron chi connectivity index (χ1n) is 7.22. The Labute approximate surface area is 143 Å². The second kappa shape index (κ2) is 6.68. The van der Waals surface area contributed by atoms with Crippen LogP contribution < -0.4 is 5.32 Å². The van der Waals surface area contributed by atoms with E-state index in [2.05, 4.69) is 21.2 Å². The standard InChI is InChI=1S/C16H16BrFN2O2S/c17-13-4-2-6-15(10-13)23(21,22)20-8-7-19-11-16(20)12-3-1-5-14(18)9-12/h1-6,9-10,16,19H,7-8,11H2. The summed E-state index contributed by atoms with van der Waals surface area (Å²) >= 11 is 3.30. The number of halogens is 2. The first kappa shape index (κ1) is 16.6. The Balaban J connectivity index is 2.01. The molecule has 4 nitrogen and oxygen atoms in total. The van der Waals surface area contributed by atoms with Gasteiger partial charge in [-0.25, -0.2) is 12.8 Å². The van der Waals surface area contributed by atoms with Crippen molar-refractivity contribution in [3.63, 3.8) is 0 Å². The van der Waals surface area contributed by atoms with Crippen molar-refractivity contribution in [1.29, 1.82) is 0 Å². The maximum Gasteiger partial charge on any atom is 0.243 e. The minimum Gasteiger partial charge on any atom is -0.313 e. The molecule has 1 saturated heterocycles. The number of benzene rings is 2.